The molecule has 30 heavy (non-hydrogen) atoms. The largest absolute Gasteiger partial charge is 0.444 e. The van der Waals surface area contributed by atoms with Gasteiger partial charge in [0.2, 0.25) is 5.91 Å². The molecule has 3 rings (SSSR count). The van der Waals surface area contributed by atoms with Crippen molar-refractivity contribution in [2.75, 3.05) is 44.2 Å². The van der Waals surface area contributed by atoms with Gasteiger partial charge in [0.05, 0.1) is 11.6 Å². The fraction of sp³-hybridized carbons (Fsp3) is 0.609. The van der Waals surface area contributed by atoms with Crippen LogP contribution in [0, 0.1) is 17.2 Å². The number of nitriles is 1. The maximum Gasteiger partial charge on any atom is 0.410 e. The van der Waals surface area contributed by atoms with Gasteiger partial charge >= 0.3 is 6.09 Å². The first-order valence-corrected chi connectivity index (χ1v) is 10.8. The maximum absolute atomic E-state index is 13.1. The Balaban J connectivity index is 1.50. The highest BCUT2D eigenvalue weighted by Crippen LogP contribution is 2.25. The van der Waals surface area contributed by atoms with E-state index in [1.54, 1.807) is 4.90 Å². The monoisotopic (exact) mass is 412 g/mol. The lowest BCUT2D eigenvalue weighted by Crippen LogP contribution is -2.44. The number of piperidine rings is 1. The number of amides is 2. The molecular formula is C23H32N4O3. The third kappa shape index (κ3) is 5.65. The Kier molecular flexibility index (Phi) is 6.86. The van der Waals surface area contributed by atoms with E-state index in [0.717, 1.165) is 38.0 Å². The summed E-state index contributed by atoms with van der Waals surface area (Å²) in [6, 6.07) is 9.75. The van der Waals surface area contributed by atoms with Crippen molar-refractivity contribution in [1.82, 2.24) is 9.80 Å². The summed E-state index contributed by atoms with van der Waals surface area (Å²) in [5.41, 5.74) is 1.25. The van der Waals surface area contributed by atoms with Crippen LogP contribution >= 0.6 is 0 Å². The molecule has 0 bridgehead atoms. The summed E-state index contributed by atoms with van der Waals surface area (Å²) in [4.78, 5) is 31.3. The summed E-state index contributed by atoms with van der Waals surface area (Å²) < 4.78 is 5.47. The van der Waals surface area contributed by atoms with E-state index in [-0.39, 0.29) is 17.9 Å². The maximum atomic E-state index is 13.1. The van der Waals surface area contributed by atoms with E-state index in [1.165, 1.54) is 0 Å². The van der Waals surface area contributed by atoms with Crippen molar-refractivity contribution in [3.63, 3.8) is 0 Å². The van der Waals surface area contributed by atoms with Gasteiger partial charge in [0.15, 0.2) is 0 Å². The van der Waals surface area contributed by atoms with Crippen LogP contribution in [0.2, 0.25) is 0 Å². The lowest BCUT2D eigenvalue weighted by atomic mass is 9.94. The zero-order valence-electron chi connectivity index (χ0n) is 18.3. The number of carbonyl (C=O) groups is 2. The molecule has 2 aliphatic rings. The van der Waals surface area contributed by atoms with Crippen molar-refractivity contribution >= 4 is 17.7 Å². The molecule has 2 heterocycles. The highest BCUT2D eigenvalue weighted by atomic mass is 16.6. The van der Waals surface area contributed by atoms with E-state index >= 15 is 0 Å². The van der Waals surface area contributed by atoms with Crippen LogP contribution in [-0.2, 0) is 9.53 Å². The van der Waals surface area contributed by atoms with E-state index in [4.69, 9.17) is 10.00 Å². The van der Waals surface area contributed by atoms with Crippen molar-refractivity contribution in [2.45, 2.75) is 45.6 Å². The van der Waals surface area contributed by atoms with Crippen LogP contribution in [0.3, 0.4) is 0 Å². The van der Waals surface area contributed by atoms with E-state index < -0.39 is 5.60 Å². The van der Waals surface area contributed by atoms with E-state index in [2.05, 4.69) is 11.0 Å². The number of carbonyl (C=O) groups excluding carboxylic acids is 2. The molecule has 2 amide bonds. The zero-order valence-corrected chi connectivity index (χ0v) is 18.3. The van der Waals surface area contributed by atoms with Crippen molar-refractivity contribution in [2.24, 2.45) is 5.92 Å². The number of ether oxygens (including phenoxy) is 1. The SMILES string of the molecule is CC(C)(C)OC(=O)N1CCCN(C(=O)C2CCN(c3ccc(C#N)cc3)CC2)CC1. The van der Waals surface area contributed by atoms with Crippen LogP contribution in [0.25, 0.3) is 0 Å². The van der Waals surface area contributed by atoms with Gasteiger partial charge in [-0.05, 0) is 64.3 Å². The van der Waals surface area contributed by atoms with Crippen molar-refractivity contribution in [3.05, 3.63) is 29.8 Å². The molecule has 0 aliphatic carbocycles. The molecule has 0 unspecified atom stereocenters. The van der Waals surface area contributed by atoms with Crippen LogP contribution in [0.5, 0.6) is 0 Å². The third-order valence-corrected chi connectivity index (χ3v) is 5.67. The molecule has 0 spiro atoms. The molecule has 0 radical (unpaired) electrons. The number of anilines is 1. The molecular weight excluding hydrogens is 380 g/mol. The predicted octanol–water partition coefficient (Wildman–Crippen LogP) is 3.24. The molecule has 2 saturated heterocycles. The topological polar surface area (TPSA) is 76.9 Å². The van der Waals surface area contributed by atoms with Gasteiger partial charge in [0, 0.05) is 50.9 Å². The van der Waals surface area contributed by atoms with E-state index in [0.29, 0.717) is 31.7 Å². The lowest BCUT2D eigenvalue weighted by molar-refractivity contribution is -0.136. The quantitative estimate of drug-likeness (QED) is 0.745. The molecule has 0 N–H and O–H groups in total. The van der Waals surface area contributed by atoms with Crippen molar-refractivity contribution in [1.29, 1.82) is 5.26 Å². The molecule has 1 aromatic rings. The van der Waals surface area contributed by atoms with Crippen molar-refractivity contribution in [3.8, 4) is 6.07 Å². The Hall–Kier alpha value is -2.75. The standard InChI is InChI=1S/C23H32N4O3/c1-23(2,3)30-22(29)27-12-4-11-26(15-16-27)21(28)19-9-13-25(14-10-19)20-7-5-18(17-24)6-8-20/h5-8,19H,4,9-16H2,1-3H3. The summed E-state index contributed by atoms with van der Waals surface area (Å²) in [5.74, 6) is 0.244. The van der Waals surface area contributed by atoms with Gasteiger partial charge in [-0.15, -0.1) is 0 Å². The second-order valence-electron chi connectivity index (χ2n) is 9.07. The number of nitrogens with zero attached hydrogens (tertiary/aromatic N) is 4. The Labute approximate surface area is 179 Å². The highest BCUT2D eigenvalue weighted by Gasteiger charge is 2.31. The molecule has 2 fully saturated rings. The first-order valence-electron chi connectivity index (χ1n) is 10.8. The minimum atomic E-state index is -0.512. The number of benzene rings is 1. The molecule has 7 heteroatoms. The number of hydrogen-bond donors (Lipinski definition) is 0. The summed E-state index contributed by atoms with van der Waals surface area (Å²) in [5, 5.41) is 8.94. The first kappa shape index (κ1) is 21.9. The highest BCUT2D eigenvalue weighted by molar-refractivity contribution is 5.79. The molecule has 7 nitrogen and oxygen atoms in total. The van der Waals surface area contributed by atoms with Gasteiger partial charge in [-0.1, -0.05) is 0 Å². The molecule has 0 saturated carbocycles. The van der Waals surface area contributed by atoms with Gasteiger partial charge in [0.1, 0.15) is 5.60 Å². The minimum absolute atomic E-state index is 0.0349. The van der Waals surface area contributed by atoms with Crippen LogP contribution in [-0.4, -0.2) is 66.7 Å². The molecule has 0 aromatic heterocycles. The molecule has 2 aliphatic heterocycles. The van der Waals surface area contributed by atoms with Gasteiger partial charge < -0.3 is 19.4 Å². The minimum Gasteiger partial charge on any atom is -0.444 e. The Morgan fingerprint density at radius 3 is 2.17 bits per heavy atom. The van der Waals surface area contributed by atoms with Crippen LogP contribution in [0.4, 0.5) is 10.5 Å². The lowest BCUT2D eigenvalue weighted by Gasteiger charge is -2.35. The summed E-state index contributed by atoms with van der Waals surface area (Å²) in [6.45, 7) is 9.65. The molecule has 0 atom stereocenters. The summed E-state index contributed by atoms with van der Waals surface area (Å²) in [6.07, 6.45) is 2.12. The predicted molar refractivity (Wildman–Crippen MR) is 115 cm³/mol. The second kappa shape index (κ2) is 9.38. The van der Waals surface area contributed by atoms with Gasteiger partial charge in [-0.25, -0.2) is 4.79 Å². The Morgan fingerprint density at radius 2 is 1.57 bits per heavy atom. The average Bonchev–Trinajstić information content (AvgIpc) is 2.99. The Morgan fingerprint density at radius 1 is 0.967 bits per heavy atom. The normalized spacial score (nSPS) is 18.5. The van der Waals surface area contributed by atoms with Gasteiger partial charge in [-0.3, -0.25) is 4.79 Å². The number of hydrogen-bond acceptors (Lipinski definition) is 5. The van der Waals surface area contributed by atoms with Gasteiger partial charge in [-0.2, -0.15) is 5.26 Å². The van der Waals surface area contributed by atoms with Crippen LogP contribution in [0.15, 0.2) is 24.3 Å². The van der Waals surface area contributed by atoms with E-state index in [1.807, 2.05) is 49.9 Å². The zero-order chi connectivity index (χ0) is 21.7. The van der Waals surface area contributed by atoms with Crippen LogP contribution in [0.1, 0.15) is 45.6 Å². The smallest absolute Gasteiger partial charge is 0.410 e. The van der Waals surface area contributed by atoms with Crippen molar-refractivity contribution < 1.29 is 14.3 Å². The molecule has 1 aromatic carbocycles. The average molecular weight is 413 g/mol. The van der Waals surface area contributed by atoms with E-state index in [9.17, 15) is 9.59 Å². The van der Waals surface area contributed by atoms with Gasteiger partial charge in [0.25, 0.3) is 0 Å². The summed E-state index contributed by atoms with van der Waals surface area (Å²) in [7, 11) is 0. The first-order chi connectivity index (χ1) is 14.3. The number of rotatable bonds is 2. The third-order valence-electron chi connectivity index (χ3n) is 5.67. The second-order valence-corrected chi connectivity index (χ2v) is 9.07. The molecule has 162 valence electrons. The van der Waals surface area contributed by atoms with Crippen LogP contribution < -0.4 is 4.90 Å². The fourth-order valence-electron chi connectivity index (χ4n) is 4.04. The summed E-state index contributed by atoms with van der Waals surface area (Å²) >= 11 is 0. The fourth-order valence-corrected chi connectivity index (χ4v) is 4.04. The Bertz CT molecular complexity index is 786.